The molecule has 2 amide bonds. The third-order valence-electron chi connectivity index (χ3n) is 14.1. The molecular formula is C57H56F6N4O8S2. The van der Waals surface area contributed by atoms with Gasteiger partial charge < -0.3 is 29.1 Å². The zero-order valence-corrected chi connectivity index (χ0v) is 43.7. The SMILES string of the molecule is COC(=O)[C@H]1CCCN(CC(=O)N2CCc3cc(OCc4cc(-c5ccccc5)c(C(F)(F)F)s4)ccc32)C1.O=C(O)[C@H]1CCCN(CC(=O)N2CCc3cc(OCc4cc(-c5ccccc5)c(C(F)(F)F)s4)ccc32)C1. The van der Waals surface area contributed by atoms with Crippen molar-refractivity contribution >= 4 is 57.8 Å². The Hall–Kier alpha value is -6.74. The zero-order valence-electron chi connectivity index (χ0n) is 42.0. The highest BCUT2D eigenvalue weighted by atomic mass is 32.1. The topological polar surface area (TPSA) is 129 Å². The molecule has 1 N–H and O–H groups in total. The number of benzene rings is 4. The van der Waals surface area contributed by atoms with Gasteiger partial charge >= 0.3 is 24.3 Å². The van der Waals surface area contributed by atoms with Crippen molar-refractivity contribution in [2.24, 2.45) is 11.8 Å². The number of piperidine rings is 2. The fourth-order valence-electron chi connectivity index (χ4n) is 10.4. The molecule has 20 heteroatoms. The predicted octanol–water partition coefficient (Wildman–Crippen LogP) is 11.5. The summed E-state index contributed by atoms with van der Waals surface area (Å²) in [5.74, 6) is -0.739. The first-order valence-electron chi connectivity index (χ1n) is 25.3. The van der Waals surface area contributed by atoms with Crippen molar-refractivity contribution < 1.29 is 64.8 Å². The van der Waals surface area contributed by atoms with E-state index in [4.69, 9.17) is 14.2 Å². The molecule has 0 bridgehead atoms. The van der Waals surface area contributed by atoms with Gasteiger partial charge in [0.15, 0.2) is 0 Å². The maximum absolute atomic E-state index is 13.7. The number of ether oxygens (including phenoxy) is 3. The molecule has 0 radical (unpaired) electrons. The van der Waals surface area contributed by atoms with Gasteiger partial charge in [-0.05, 0) is 122 Å². The monoisotopic (exact) mass is 1100 g/mol. The lowest BCUT2D eigenvalue weighted by Crippen LogP contribution is -2.45. The molecule has 12 nitrogen and oxygen atoms in total. The van der Waals surface area contributed by atoms with Crippen molar-refractivity contribution in [3.05, 3.63) is 140 Å². The van der Waals surface area contributed by atoms with Crippen molar-refractivity contribution in [3.63, 3.8) is 0 Å². The van der Waals surface area contributed by atoms with Gasteiger partial charge in [0.05, 0.1) is 32.0 Å². The second kappa shape index (κ2) is 23.9. The first-order chi connectivity index (χ1) is 36.9. The maximum Gasteiger partial charge on any atom is 0.426 e. The second-order valence-electron chi connectivity index (χ2n) is 19.4. The summed E-state index contributed by atoms with van der Waals surface area (Å²) in [4.78, 5) is 56.4. The van der Waals surface area contributed by atoms with Gasteiger partial charge in [-0.2, -0.15) is 26.3 Å². The lowest BCUT2D eigenvalue weighted by molar-refractivity contribution is -0.147. The molecule has 2 fully saturated rings. The zero-order chi connectivity index (χ0) is 54.4. The number of carbonyl (C=O) groups is 4. The first kappa shape index (κ1) is 55.0. The molecule has 0 saturated carbocycles. The molecule has 406 valence electrons. The minimum atomic E-state index is -4.46. The normalized spacial score (nSPS) is 17.8. The van der Waals surface area contributed by atoms with E-state index >= 15 is 0 Å². The van der Waals surface area contributed by atoms with Crippen LogP contribution in [0.2, 0.25) is 0 Å². The minimum absolute atomic E-state index is 0.00170. The van der Waals surface area contributed by atoms with Crippen LogP contribution in [0.4, 0.5) is 37.7 Å². The lowest BCUT2D eigenvalue weighted by Gasteiger charge is -2.32. The van der Waals surface area contributed by atoms with E-state index in [1.807, 2.05) is 28.0 Å². The van der Waals surface area contributed by atoms with Crippen LogP contribution in [-0.2, 0) is 62.3 Å². The third kappa shape index (κ3) is 13.3. The third-order valence-corrected chi connectivity index (χ3v) is 16.4. The molecule has 0 unspecified atom stereocenters. The van der Waals surface area contributed by atoms with Gasteiger partial charge in [0.1, 0.15) is 34.5 Å². The Bertz CT molecular complexity index is 3080. The Balaban J connectivity index is 0.000000188. The van der Waals surface area contributed by atoms with Gasteiger partial charge in [0.2, 0.25) is 11.8 Å². The summed E-state index contributed by atoms with van der Waals surface area (Å²) >= 11 is 1.38. The number of carboxylic acids is 1. The Morgan fingerprint density at radius 2 is 1.01 bits per heavy atom. The standard InChI is InChI=1S/C29H29F3N2O4S.C28H27F3N2O4S/c1-37-28(36)21-8-5-12-33(16-21)17-26(35)34-13-11-20-14-22(9-10-25(20)34)38-18-23-15-24(19-6-3-2-4-7-19)27(39-23)29(30,31)32;29-28(30,31)26-23(18-5-2-1-3-6-18)14-22(38-26)17-37-21-8-9-24-19(13-21)10-12-33(24)25(34)16-32-11-4-7-20(15-32)27(35)36/h2-4,6-7,9-10,14-15,21H,5,8,11-13,16-18H2,1H3;1-3,5-6,8-9,13-14,20H,4,7,10-12,15-17H2,(H,35,36)/t21-;20-/m00/s1. The largest absolute Gasteiger partial charge is 0.488 e. The number of anilines is 2. The summed E-state index contributed by atoms with van der Waals surface area (Å²) in [5, 5.41) is 9.29. The smallest absolute Gasteiger partial charge is 0.426 e. The Labute approximate surface area is 449 Å². The number of methoxy groups -OCH3 is 1. The predicted molar refractivity (Wildman–Crippen MR) is 281 cm³/mol. The summed E-state index contributed by atoms with van der Waals surface area (Å²) in [6, 6.07) is 30.9. The fraction of sp³-hybridized carbons (Fsp3) is 0.368. The van der Waals surface area contributed by atoms with E-state index in [1.165, 1.54) is 13.2 Å². The highest BCUT2D eigenvalue weighted by Crippen LogP contribution is 2.45. The molecule has 0 spiro atoms. The van der Waals surface area contributed by atoms with Gasteiger partial charge in [0.25, 0.3) is 0 Å². The van der Waals surface area contributed by atoms with Crippen LogP contribution in [0.1, 0.15) is 56.3 Å². The quantitative estimate of drug-likeness (QED) is 0.0831. The van der Waals surface area contributed by atoms with E-state index in [9.17, 15) is 50.6 Å². The molecule has 4 aliphatic heterocycles. The second-order valence-corrected chi connectivity index (χ2v) is 21.7. The average molecular weight is 1100 g/mol. The molecular weight excluding hydrogens is 1050 g/mol. The van der Waals surface area contributed by atoms with Crippen LogP contribution in [-0.4, -0.2) is 98.1 Å². The molecule has 2 atom stereocenters. The number of thiophene rings is 2. The van der Waals surface area contributed by atoms with Crippen molar-refractivity contribution in [2.45, 2.75) is 64.1 Å². The number of carboxylic acid groups (broad SMARTS) is 1. The summed E-state index contributed by atoms with van der Waals surface area (Å²) in [6.45, 7) is 3.83. The number of rotatable bonds is 14. The van der Waals surface area contributed by atoms with E-state index in [-0.39, 0.29) is 61.1 Å². The van der Waals surface area contributed by atoms with E-state index in [0.717, 1.165) is 48.3 Å². The van der Waals surface area contributed by atoms with Gasteiger partial charge in [-0.15, -0.1) is 22.7 Å². The number of nitrogens with zero attached hydrogens (tertiary/aromatic N) is 4. The van der Waals surface area contributed by atoms with Gasteiger partial charge in [-0.25, -0.2) is 0 Å². The number of esters is 1. The number of alkyl halides is 6. The average Bonchev–Trinajstić information content (AvgIpc) is 4.25. The minimum Gasteiger partial charge on any atom is -0.488 e. The van der Waals surface area contributed by atoms with Crippen molar-refractivity contribution in [1.82, 2.24) is 9.80 Å². The summed E-state index contributed by atoms with van der Waals surface area (Å²) < 4.78 is 98.7. The van der Waals surface area contributed by atoms with Crippen LogP contribution < -0.4 is 19.3 Å². The molecule has 0 aliphatic carbocycles. The Morgan fingerprint density at radius 3 is 1.43 bits per heavy atom. The molecule has 77 heavy (non-hydrogen) atoms. The number of amides is 2. The Morgan fingerprint density at radius 1 is 0.584 bits per heavy atom. The van der Waals surface area contributed by atoms with E-state index in [1.54, 1.807) is 94.7 Å². The van der Waals surface area contributed by atoms with Crippen LogP contribution in [0.15, 0.2) is 109 Å². The number of aliphatic carboxylic acids is 1. The van der Waals surface area contributed by atoms with E-state index in [2.05, 4.69) is 0 Å². The summed E-state index contributed by atoms with van der Waals surface area (Å²) in [7, 11) is 1.38. The van der Waals surface area contributed by atoms with E-state index < -0.39 is 34.0 Å². The van der Waals surface area contributed by atoms with Crippen LogP contribution in [0.3, 0.4) is 0 Å². The molecule has 10 rings (SSSR count). The first-order valence-corrected chi connectivity index (χ1v) is 26.9. The van der Waals surface area contributed by atoms with Crippen LogP contribution in [0, 0.1) is 11.8 Å². The highest BCUT2D eigenvalue weighted by Gasteiger charge is 2.38. The molecule has 4 aromatic carbocycles. The van der Waals surface area contributed by atoms with Gasteiger partial charge in [0, 0.05) is 58.4 Å². The number of likely N-dealkylation sites (tertiary alicyclic amines) is 2. The number of carbonyl (C=O) groups excluding carboxylic acids is 3. The highest BCUT2D eigenvalue weighted by molar-refractivity contribution is 7.13. The van der Waals surface area contributed by atoms with Crippen LogP contribution in [0.5, 0.6) is 11.5 Å². The molecule has 4 aliphatic rings. The maximum atomic E-state index is 13.7. The Kier molecular flexibility index (Phi) is 17.1. The molecule has 6 aromatic rings. The lowest BCUT2D eigenvalue weighted by atomic mass is 9.98. The molecule has 2 saturated heterocycles. The summed E-state index contributed by atoms with van der Waals surface area (Å²) in [6.07, 6.45) is -4.61. The van der Waals surface area contributed by atoms with Gasteiger partial charge in [-0.3, -0.25) is 29.0 Å². The van der Waals surface area contributed by atoms with Crippen LogP contribution in [0.25, 0.3) is 22.3 Å². The van der Waals surface area contributed by atoms with Gasteiger partial charge in [-0.1, -0.05) is 60.7 Å². The number of fused-ring (bicyclic) bond motifs is 2. The van der Waals surface area contributed by atoms with Crippen LogP contribution >= 0.6 is 22.7 Å². The number of hydrogen-bond acceptors (Lipinski definition) is 11. The fourth-order valence-corrected chi connectivity index (χ4v) is 12.3. The number of hydrogen-bond donors (Lipinski definition) is 1. The molecule has 2 aromatic heterocycles. The van der Waals surface area contributed by atoms with Crippen molar-refractivity contribution in [2.75, 3.05) is 69.3 Å². The van der Waals surface area contributed by atoms with Crippen molar-refractivity contribution in [3.8, 4) is 33.8 Å². The molecule has 6 heterocycles. The number of halogens is 6. The van der Waals surface area contributed by atoms with Crippen molar-refractivity contribution in [1.29, 1.82) is 0 Å². The van der Waals surface area contributed by atoms with E-state index in [0.29, 0.717) is 107 Å². The summed E-state index contributed by atoms with van der Waals surface area (Å²) in [5.41, 5.74) is 4.82.